The summed E-state index contributed by atoms with van der Waals surface area (Å²) >= 11 is 5.90. The Kier molecular flexibility index (Phi) is 7.90. The van der Waals surface area contributed by atoms with Gasteiger partial charge in [-0.2, -0.15) is 0 Å². The SMILES string of the molecule is COc1ccc(C(=O)N/C(=C\c2ccco2)C(=O)NCCCc2ccc(Cl)cc2)cc1. The summed E-state index contributed by atoms with van der Waals surface area (Å²) in [7, 11) is 1.55. The summed E-state index contributed by atoms with van der Waals surface area (Å²) in [5.41, 5.74) is 1.64. The average molecular weight is 439 g/mol. The zero-order valence-electron chi connectivity index (χ0n) is 17.1. The molecule has 7 heteroatoms. The smallest absolute Gasteiger partial charge is 0.267 e. The van der Waals surface area contributed by atoms with E-state index >= 15 is 0 Å². The molecule has 0 fully saturated rings. The predicted molar refractivity (Wildman–Crippen MR) is 120 cm³/mol. The van der Waals surface area contributed by atoms with Crippen molar-refractivity contribution in [2.45, 2.75) is 12.8 Å². The fourth-order valence-corrected chi connectivity index (χ4v) is 2.98. The Balaban J connectivity index is 1.61. The molecule has 1 heterocycles. The molecule has 0 bridgehead atoms. The summed E-state index contributed by atoms with van der Waals surface area (Å²) in [5.74, 6) is 0.300. The molecule has 6 nitrogen and oxygen atoms in total. The van der Waals surface area contributed by atoms with Crippen molar-refractivity contribution in [3.63, 3.8) is 0 Å². The van der Waals surface area contributed by atoms with Crippen LogP contribution in [0.15, 0.2) is 77.0 Å². The first-order valence-electron chi connectivity index (χ1n) is 9.78. The normalized spacial score (nSPS) is 11.1. The van der Waals surface area contributed by atoms with Crippen molar-refractivity contribution >= 4 is 29.5 Å². The standard InChI is InChI=1S/C24H23ClN2O4/c1-30-20-12-8-18(9-13-20)23(28)27-22(16-21-5-3-15-31-21)24(29)26-14-2-4-17-6-10-19(25)11-7-17/h3,5-13,15-16H,2,4,14H2,1H3,(H,26,29)(H,27,28)/b22-16-. The van der Waals surface area contributed by atoms with Crippen LogP contribution in [0, 0.1) is 0 Å². The van der Waals surface area contributed by atoms with Gasteiger partial charge in [0.2, 0.25) is 0 Å². The van der Waals surface area contributed by atoms with Crippen LogP contribution in [0.1, 0.15) is 28.1 Å². The second-order valence-corrected chi connectivity index (χ2v) is 7.18. The van der Waals surface area contributed by atoms with Crippen LogP contribution in [0.3, 0.4) is 0 Å². The van der Waals surface area contributed by atoms with E-state index in [2.05, 4.69) is 10.6 Å². The van der Waals surface area contributed by atoms with E-state index < -0.39 is 11.8 Å². The third-order valence-electron chi connectivity index (χ3n) is 4.52. The highest BCUT2D eigenvalue weighted by molar-refractivity contribution is 6.30. The summed E-state index contributed by atoms with van der Waals surface area (Å²) in [5, 5.41) is 6.20. The second kappa shape index (κ2) is 11.0. The fourth-order valence-electron chi connectivity index (χ4n) is 2.85. The van der Waals surface area contributed by atoms with Crippen LogP contribution in [0.2, 0.25) is 5.02 Å². The van der Waals surface area contributed by atoms with Gasteiger partial charge in [0.25, 0.3) is 11.8 Å². The van der Waals surface area contributed by atoms with E-state index in [9.17, 15) is 9.59 Å². The Morgan fingerprint density at radius 3 is 2.45 bits per heavy atom. The van der Waals surface area contributed by atoms with Crippen molar-refractivity contribution in [3.05, 3.63) is 94.5 Å². The first kappa shape index (κ1) is 22.2. The van der Waals surface area contributed by atoms with Gasteiger partial charge in [-0.25, -0.2) is 0 Å². The lowest BCUT2D eigenvalue weighted by molar-refractivity contribution is -0.117. The van der Waals surface area contributed by atoms with E-state index in [1.807, 2.05) is 24.3 Å². The maximum Gasteiger partial charge on any atom is 0.267 e. The molecule has 0 spiro atoms. The van der Waals surface area contributed by atoms with Crippen LogP contribution in [0.25, 0.3) is 6.08 Å². The molecule has 0 atom stereocenters. The number of furan rings is 1. The maximum atomic E-state index is 12.7. The van der Waals surface area contributed by atoms with Gasteiger partial charge in [-0.1, -0.05) is 23.7 Å². The number of rotatable bonds is 9. The predicted octanol–water partition coefficient (Wildman–Crippen LogP) is 4.46. The van der Waals surface area contributed by atoms with Gasteiger partial charge in [-0.3, -0.25) is 9.59 Å². The minimum Gasteiger partial charge on any atom is -0.497 e. The third kappa shape index (κ3) is 6.76. The van der Waals surface area contributed by atoms with Gasteiger partial charge in [-0.05, 0) is 66.9 Å². The molecule has 0 aliphatic carbocycles. The van der Waals surface area contributed by atoms with Crippen molar-refractivity contribution in [1.29, 1.82) is 0 Å². The van der Waals surface area contributed by atoms with E-state index in [0.29, 0.717) is 28.6 Å². The molecule has 160 valence electrons. The van der Waals surface area contributed by atoms with Gasteiger partial charge >= 0.3 is 0 Å². The molecule has 3 rings (SSSR count). The number of carbonyl (C=O) groups is 2. The van der Waals surface area contributed by atoms with Crippen LogP contribution in [-0.2, 0) is 11.2 Å². The highest BCUT2D eigenvalue weighted by atomic mass is 35.5. The lowest BCUT2D eigenvalue weighted by atomic mass is 10.1. The van der Waals surface area contributed by atoms with E-state index in [4.69, 9.17) is 20.8 Å². The van der Waals surface area contributed by atoms with Gasteiger partial charge in [0.1, 0.15) is 17.2 Å². The molecule has 2 amide bonds. The van der Waals surface area contributed by atoms with Crippen molar-refractivity contribution in [2.75, 3.05) is 13.7 Å². The largest absolute Gasteiger partial charge is 0.497 e. The molecule has 0 unspecified atom stereocenters. The summed E-state index contributed by atoms with van der Waals surface area (Å²) in [6.45, 7) is 0.454. The molecule has 1 aromatic heterocycles. The number of hydrogen-bond acceptors (Lipinski definition) is 4. The van der Waals surface area contributed by atoms with Crippen molar-refractivity contribution in [1.82, 2.24) is 10.6 Å². The fraction of sp³-hybridized carbons (Fsp3) is 0.167. The number of amides is 2. The summed E-state index contributed by atoms with van der Waals surface area (Å²) in [4.78, 5) is 25.3. The molecule has 0 radical (unpaired) electrons. The molecule has 0 aliphatic heterocycles. The topological polar surface area (TPSA) is 80.6 Å². The zero-order valence-corrected chi connectivity index (χ0v) is 17.8. The summed E-state index contributed by atoms with van der Waals surface area (Å²) in [6.07, 6.45) is 4.54. The molecule has 2 aromatic carbocycles. The zero-order chi connectivity index (χ0) is 22.1. The van der Waals surface area contributed by atoms with E-state index in [1.54, 1.807) is 43.5 Å². The monoisotopic (exact) mass is 438 g/mol. The third-order valence-corrected chi connectivity index (χ3v) is 4.77. The lowest BCUT2D eigenvalue weighted by Gasteiger charge is -2.11. The summed E-state index contributed by atoms with van der Waals surface area (Å²) < 4.78 is 10.4. The Morgan fingerprint density at radius 1 is 1.06 bits per heavy atom. The van der Waals surface area contributed by atoms with Crippen LogP contribution in [0.5, 0.6) is 5.75 Å². The minimum absolute atomic E-state index is 0.0993. The molecule has 0 saturated heterocycles. The van der Waals surface area contributed by atoms with Crippen LogP contribution < -0.4 is 15.4 Å². The van der Waals surface area contributed by atoms with Gasteiger partial charge < -0.3 is 19.8 Å². The Labute approximate surface area is 185 Å². The first-order valence-corrected chi connectivity index (χ1v) is 10.2. The Hall–Kier alpha value is -3.51. The minimum atomic E-state index is -0.406. The first-order chi connectivity index (χ1) is 15.0. The molecule has 3 aromatic rings. The van der Waals surface area contributed by atoms with Gasteiger partial charge in [-0.15, -0.1) is 0 Å². The molecule has 2 N–H and O–H groups in total. The quantitative estimate of drug-likeness (QED) is 0.381. The number of halogens is 1. The van der Waals surface area contributed by atoms with Crippen molar-refractivity contribution in [3.8, 4) is 5.75 Å². The van der Waals surface area contributed by atoms with Gasteiger partial charge in [0.05, 0.1) is 13.4 Å². The molecular formula is C24H23ClN2O4. The molecule has 31 heavy (non-hydrogen) atoms. The lowest BCUT2D eigenvalue weighted by Crippen LogP contribution is -2.35. The highest BCUT2D eigenvalue weighted by Gasteiger charge is 2.15. The Morgan fingerprint density at radius 2 is 1.81 bits per heavy atom. The number of nitrogens with one attached hydrogen (secondary N) is 2. The second-order valence-electron chi connectivity index (χ2n) is 6.74. The molecular weight excluding hydrogens is 416 g/mol. The number of hydrogen-bond donors (Lipinski definition) is 2. The summed E-state index contributed by atoms with van der Waals surface area (Å²) in [6, 6.07) is 17.6. The van der Waals surface area contributed by atoms with Gasteiger partial charge in [0, 0.05) is 23.2 Å². The number of methoxy groups -OCH3 is 1. The number of aryl methyl sites for hydroxylation is 1. The highest BCUT2D eigenvalue weighted by Crippen LogP contribution is 2.13. The number of ether oxygens (including phenoxy) is 1. The van der Waals surface area contributed by atoms with E-state index in [1.165, 1.54) is 12.3 Å². The molecule has 0 saturated carbocycles. The van der Waals surface area contributed by atoms with Crippen molar-refractivity contribution < 1.29 is 18.7 Å². The maximum absolute atomic E-state index is 12.7. The van der Waals surface area contributed by atoms with Gasteiger partial charge in [0.15, 0.2) is 0 Å². The van der Waals surface area contributed by atoms with Crippen molar-refractivity contribution in [2.24, 2.45) is 0 Å². The van der Waals surface area contributed by atoms with Crippen LogP contribution in [0.4, 0.5) is 0 Å². The molecule has 0 aliphatic rings. The van der Waals surface area contributed by atoms with Crippen LogP contribution in [-0.4, -0.2) is 25.5 Å². The van der Waals surface area contributed by atoms with E-state index in [0.717, 1.165) is 18.4 Å². The average Bonchev–Trinajstić information content (AvgIpc) is 3.30. The number of benzene rings is 2. The van der Waals surface area contributed by atoms with E-state index in [-0.39, 0.29) is 5.70 Å². The number of carbonyl (C=O) groups excluding carboxylic acids is 2. The van der Waals surface area contributed by atoms with Crippen LogP contribution >= 0.6 is 11.6 Å². The Bertz CT molecular complexity index is 1030.